The lowest BCUT2D eigenvalue weighted by Gasteiger charge is -2.22. The smallest absolute Gasteiger partial charge is 0.120 e. The van der Waals surface area contributed by atoms with Gasteiger partial charge in [-0.3, -0.25) is 0 Å². The summed E-state index contributed by atoms with van der Waals surface area (Å²) >= 11 is 3.49. The van der Waals surface area contributed by atoms with Crippen molar-refractivity contribution >= 4 is 15.9 Å². The second kappa shape index (κ2) is 6.38. The van der Waals surface area contributed by atoms with E-state index in [0.29, 0.717) is 12.5 Å². The minimum atomic E-state index is 0.542. The van der Waals surface area contributed by atoms with Gasteiger partial charge in [-0.05, 0) is 36.5 Å². The summed E-state index contributed by atoms with van der Waals surface area (Å²) < 4.78 is 12.1. The molecule has 0 aromatic heterocycles. The number of benzene rings is 1. The number of hydrogen-bond acceptors (Lipinski definition) is 3. The topological polar surface area (TPSA) is 44.5 Å². The zero-order valence-corrected chi connectivity index (χ0v) is 11.4. The highest BCUT2D eigenvalue weighted by Crippen LogP contribution is 2.24. The first-order valence-electron chi connectivity index (χ1n) is 5.98. The van der Waals surface area contributed by atoms with E-state index in [4.69, 9.17) is 15.2 Å². The van der Waals surface area contributed by atoms with Gasteiger partial charge in [-0.25, -0.2) is 0 Å². The maximum absolute atomic E-state index is 5.80. The van der Waals surface area contributed by atoms with Crippen molar-refractivity contribution in [3.8, 4) is 5.75 Å². The third-order valence-electron chi connectivity index (χ3n) is 3.07. The molecule has 0 amide bonds. The van der Waals surface area contributed by atoms with E-state index in [9.17, 15) is 0 Å². The van der Waals surface area contributed by atoms with Gasteiger partial charge in [0.2, 0.25) is 0 Å². The molecule has 1 fully saturated rings. The molecule has 0 bridgehead atoms. The number of rotatable bonds is 4. The summed E-state index contributed by atoms with van der Waals surface area (Å²) in [5.74, 6) is 1.53. The standard InChI is InChI=1S/C13H18BrNO2/c14-13-7-12(2-1-11(13)8-15)17-9-10-3-5-16-6-4-10/h1-2,7,10H,3-6,8-9,15H2. The monoisotopic (exact) mass is 299 g/mol. The van der Waals surface area contributed by atoms with E-state index in [1.54, 1.807) is 0 Å². The van der Waals surface area contributed by atoms with Gasteiger partial charge in [0.05, 0.1) is 6.61 Å². The Morgan fingerprint density at radius 2 is 2.12 bits per heavy atom. The van der Waals surface area contributed by atoms with Crippen molar-refractivity contribution in [3.63, 3.8) is 0 Å². The van der Waals surface area contributed by atoms with Crippen LogP contribution in [0.5, 0.6) is 5.75 Å². The van der Waals surface area contributed by atoms with E-state index in [2.05, 4.69) is 15.9 Å². The fourth-order valence-corrected chi connectivity index (χ4v) is 2.43. The van der Waals surface area contributed by atoms with E-state index in [0.717, 1.165) is 48.4 Å². The summed E-state index contributed by atoms with van der Waals surface area (Å²) in [6.45, 7) is 3.05. The van der Waals surface area contributed by atoms with Crippen LogP contribution in [0.2, 0.25) is 0 Å². The molecule has 0 unspecified atom stereocenters. The predicted molar refractivity (Wildman–Crippen MR) is 71.1 cm³/mol. The lowest BCUT2D eigenvalue weighted by atomic mass is 10.0. The van der Waals surface area contributed by atoms with Crippen molar-refractivity contribution in [2.45, 2.75) is 19.4 Å². The number of halogens is 1. The van der Waals surface area contributed by atoms with Gasteiger partial charge in [-0.2, -0.15) is 0 Å². The maximum Gasteiger partial charge on any atom is 0.120 e. The molecule has 1 aromatic carbocycles. The summed E-state index contributed by atoms with van der Waals surface area (Å²) in [5.41, 5.74) is 6.71. The normalized spacial score (nSPS) is 17.1. The molecule has 94 valence electrons. The first-order chi connectivity index (χ1) is 8.29. The van der Waals surface area contributed by atoms with Gasteiger partial charge >= 0.3 is 0 Å². The van der Waals surface area contributed by atoms with Gasteiger partial charge < -0.3 is 15.2 Å². The van der Waals surface area contributed by atoms with Crippen LogP contribution in [0.4, 0.5) is 0 Å². The highest BCUT2D eigenvalue weighted by Gasteiger charge is 2.14. The molecule has 4 heteroatoms. The first-order valence-corrected chi connectivity index (χ1v) is 6.78. The van der Waals surface area contributed by atoms with Gasteiger partial charge in [0.15, 0.2) is 0 Å². The van der Waals surface area contributed by atoms with Crippen LogP contribution in [-0.2, 0) is 11.3 Å². The molecule has 2 rings (SSSR count). The summed E-state index contributed by atoms with van der Waals surface area (Å²) in [4.78, 5) is 0. The minimum Gasteiger partial charge on any atom is -0.493 e. The molecule has 2 N–H and O–H groups in total. The molecular formula is C13H18BrNO2. The summed E-state index contributed by atoms with van der Waals surface area (Å²) in [6.07, 6.45) is 2.20. The third kappa shape index (κ3) is 3.69. The Hall–Kier alpha value is -0.580. The summed E-state index contributed by atoms with van der Waals surface area (Å²) in [5, 5.41) is 0. The molecule has 3 nitrogen and oxygen atoms in total. The first kappa shape index (κ1) is 12.9. The lowest BCUT2D eigenvalue weighted by molar-refractivity contribution is 0.0497. The van der Waals surface area contributed by atoms with E-state index in [1.807, 2.05) is 18.2 Å². The SMILES string of the molecule is NCc1ccc(OCC2CCOCC2)cc1Br. The van der Waals surface area contributed by atoms with Crippen LogP contribution in [0.15, 0.2) is 22.7 Å². The average molecular weight is 300 g/mol. The Labute approximate surface area is 110 Å². The van der Waals surface area contributed by atoms with Crippen LogP contribution in [0.3, 0.4) is 0 Å². The van der Waals surface area contributed by atoms with Crippen molar-refractivity contribution in [2.75, 3.05) is 19.8 Å². The highest BCUT2D eigenvalue weighted by molar-refractivity contribution is 9.10. The molecule has 0 saturated carbocycles. The molecule has 1 aliphatic rings. The van der Waals surface area contributed by atoms with Crippen molar-refractivity contribution < 1.29 is 9.47 Å². The molecule has 1 aromatic rings. The highest BCUT2D eigenvalue weighted by atomic mass is 79.9. The van der Waals surface area contributed by atoms with Crippen LogP contribution >= 0.6 is 15.9 Å². The molecule has 1 heterocycles. The van der Waals surface area contributed by atoms with E-state index in [-0.39, 0.29) is 0 Å². The zero-order valence-electron chi connectivity index (χ0n) is 9.82. The molecule has 17 heavy (non-hydrogen) atoms. The Morgan fingerprint density at radius 3 is 2.76 bits per heavy atom. The van der Waals surface area contributed by atoms with E-state index >= 15 is 0 Å². The molecule has 0 atom stereocenters. The molecule has 0 radical (unpaired) electrons. The quantitative estimate of drug-likeness (QED) is 0.930. The lowest BCUT2D eigenvalue weighted by Crippen LogP contribution is -2.21. The number of hydrogen-bond donors (Lipinski definition) is 1. The third-order valence-corrected chi connectivity index (χ3v) is 3.81. The van der Waals surface area contributed by atoms with E-state index in [1.165, 1.54) is 0 Å². The average Bonchev–Trinajstić information content (AvgIpc) is 2.38. The van der Waals surface area contributed by atoms with Crippen molar-refractivity contribution in [1.82, 2.24) is 0 Å². The largest absolute Gasteiger partial charge is 0.493 e. The van der Waals surface area contributed by atoms with Crippen LogP contribution in [0, 0.1) is 5.92 Å². The van der Waals surface area contributed by atoms with Crippen LogP contribution in [-0.4, -0.2) is 19.8 Å². The maximum atomic E-state index is 5.80. The van der Waals surface area contributed by atoms with Gasteiger partial charge in [0.1, 0.15) is 5.75 Å². The second-order valence-corrected chi connectivity index (χ2v) is 5.18. The van der Waals surface area contributed by atoms with E-state index < -0.39 is 0 Å². The number of ether oxygens (including phenoxy) is 2. The fourth-order valence-electron chi connectivity index (χ4n) is 1.91. The predicted octanol–water partition coefficient (Wildman–Crippen LogP) is 2.71. The summed E-state index contributed by atoms with van der Waals surface area (Å²) in [6, 6.07) is 5.97. The Bertz CT molecular complexity index is 364. The van der Waals surface area contributed by atoms with Crippen LogP contribution in [0.1, 0.15) is 18.4 Å². The Kier molecular flexibility index (Phi) is 4.83. The van der Waals surface area contributed by atoms with Crippen molar-refractivity contribution in [1.29, 1.82) is 0 Å². The second-order valence-electron chi connectivity index (χ2n) is 4.32. The fraction of sp³-hybridized carbons (Fsp3) is 0.538. The van der Waals surface area contributed by atoms with Crippen LogP contribution in [0.25, 0.3) is 0 Å². The Morgan fingerprint density at radius 1 is 1.35 bits per heavy atom. The molecule has 1 aliphatic heterocycles. The molecule has 0 spiro atoms. The van der Waals surface area contributed by atoms with Crippen molar-refractivity contribution in [2.24, 2.45) is 11.7 Å². The molecule has 1 saturated heterocycles. The minimum absolute atomic E-state index is 0.542. The van der Waals surface area contributed by atoms with Gasteiger partial charge in [-0.15, -0.1) is 0 Å². The molecular weight excluding hydrogens is 282 g/mol. The van der Waals surface area contributed by atoms with Gasteiger partial charge in [0, 0.05) is 24.2 Å². The molecule has 0 aliphatic carbocycles. The van der Waals surface area contributed by atoms with Gasteiger partial charge in [0.25, 0.3) is 0 Å². The number of nitrogens with two attached hydrogens (primary N) is 1. The zero-order chi connectivity index (χ0) is 12.1. The van der Waals surface area contributed by atoms with Gasteiger partial charge in [-0.1, -0.05) is 22.0 Å². The summed E-state index contributed by atoms with van der Waals surface area (Å²) in [7, 11) is 0. The van der Waals surface area contributed by atoms with Crippen molar-refractivity contribution in [3.05, 3.63) is 28.2 Å². The van der Waals surface area contributed by atoms with Crippen LogP contribution < -0.4 is 10.5 Å². The Balaban J connectivity index is 1.87.